The molecule has 0 fully saturated rings. The van der Waals surface area contributed by atoms with Crippen LogP contribution in [0.1, 0.15) is 19.2 Å². The fourth-order valence-electron chi connectivity index (χ4n) is 3.18. The first-order valence-corrected chi connectivity index (χ1v) is 8.90. The number of amides is 2. The Labute approximate surface area is 156 Å². The minimum atomic E-state index is -0.308. The summed E-state index contributed by atoms with van der Waals surface area (Å²) in [6, 6.07) is 6.01. The summed E-state index contributed by atoms with van der Waals surface area (Å²) in [6.45, 7) is 6.23. The first-order valence-electron chi connectivity index (χ1n) is 8.90. The van der Waals surface area contributed by atoms with Gasteiger partial charge in [-0.2, -0.15) is 0 Å². The van der Waals surface area contributed by atoms with E-state index in [1.54, 1.807) is 12.1 Å². The van der Waals surface area contributed by atoms with Gasteiger partial charge < -0.3 is 14.8 Å². The number of aromatic nitrogens is 3. The molecule has 1 aromatic heterocycles. The molecular formula is C19H22FN5O2. The molecule has 0 bridgehead atoms. The molecule has 0 saturated carbocycles. The summed E-state index contributed by atoms with van der Waals surface area (Å²) in [5.74, 6) is 0.711. The number of nitrogens with zero attached hydrogens (tertiary/aromatic N) is 4. The average molecular weight is 371 g/mol. The number of aryl methyl sites for hydroxylation is 1. The van der Waals surface area contributed by atoms with E-state index in [0.29, 0.717) is 25.3 Å². The largest absolute Gasteiger partial charge is 0.350 e. The molecule has 142 valence electrons. The second kappa shape index (κ2) is 8.11. The Bertz CT molecular complexity index is 846. The van der Waals surface area contributed by atoms with E-state index in [2.05, 4.69) is 22.1 Å². The van der Waals surface area contributed by atoms with Crippen molar-refractivity contribution in [3.8, 4) is 11.4 Å². The summed E-state index contributed by atoms with van der Waals surface area (Å²) >= 11 is 0. The van der Waals surface area contributed by atoms with Gasteiger partial charge in [0.1, 0.15) is 11.6 Å². The van der Waals surface area contributed by atoms with Crippen LogP contribution in [0.3, 0.4) is 0 Å². The lowest BCUT2D eigenvalue weighted by molar-refractivity contribution is -0.132. The van der Waals surface area contributed by atoms with Gasteiger partial charge in [-0.05, 0) is 43.7 Å². The highest BCUT2D eigenvalue weighted by molar-refractivity contribution is 5.90. The molecule has 1 aliphatic rings. The van der Waals surface area contributed by atoms with E-state index in [-0.39, 0.29) is 30.2 Å². The normalized spacial score (nSPS) is 15.7. The predicted octanol–water partition coefficient (Wildman–Crippen LogP) is 1.55. The van der Waals surface area contributed by atoms with Crippen LogP contribution in [-0.2, 0) is 22.6 Å². The lowest BCUT2D eigenvalue weighted by atomic mass is 10.1. The molecule has 7 nitrogen and oxygen atoms in total. The highest BCUT2D eigenvalue weighted by Crippen LogP contribution is 2.23. The van der Waals surface area contributed by atoms with Crippen molar-refractivity contribution >= 4 is 11.8 Å². The maximum Gasteiger partial charge on any atom is 0.246 e. The molecule has 1 aliphatic heterocycles. The van der Waals surface area contributed by atoms with E-state index in [0.717, 1.165) is 17.8 Å². The van der Waals surface area contributed by atoms with Gasteiger partial charge in [0.2, 0.25) is 11.8 Å². The van der Waals surface area contributed by atoms with Gasteiger partial charge in [0, 0.05) is 31.1 Å². The van der Waals surface area contributed by atoms with Crippen LogP contribution in [0.2, 0.25) is 0 Å². The Morgan fingerprint density at radius 2 is 2.11 bits per heavy atom. The zero-order chi connectivity index (χ0) is 19.4. The number of carbonyl (C=O) groups is 2. The van der Waals surface area contributed by atoms with Crippen molar-refractivity contribution in [2.45, 2.75) is 32.4 Å². The highest BCUT2D eigenvalue weighted by Gasteiger charge is 2.25. The van der Waals surface area contributed by atoms with Gasteiger partial charge >= 0.3 is 0 Å². The molecule has 0 spiro atoms. The molecule has 2 heterocycles. The van der Waals surface area contributed by atoms with Gasteiger partial charge in [0.15, 0.2) is 5.82 Å². The lowest BCUT2D eigenvalue weighted by Gasteiger charge is -2.26. The van der Waals surface area contributed by atoms with E-state index in [9.17, 15) is 14.0 Å². The Kier molecular flexibility index (Phi) is 5.63. The molecular weight excluding hydrogens is 349 g/mol. The van der Waals surface area contributed by atoms with Gasteiger partial charge in [-0.15, -0.1) is 10.2 Å². The van der Waals surface area contributed by atoms with Crippen molar-refractivity contribution in [1.82, 2.24) is 25.0 Å². The van der Waals surface area contributed by atoms with Crippen LogP contribution in [0, 0.1) is 5.82 Å². The van der Waals surface area contributed by atoms with Gasteiger partial charge in [0.05, 0.1) is 6.54 Å². The van der Waals surface area contributed by atoms with E-state index in [4.69, 9.17) is 0 Å². The fourth-order valence-corrected chi connectivity index (χ4v) is 3.18. The van der Waals surface area contributed by atoms with Crippen molar-refractivity contribution in [3.63, 3.8) is 0 Å². The third-order valence-corrected chi connectivity index (χ3v) is 4.62. The van der Waals surface area contributed by atoms with Crippen molar-refractivity contribution in [2.75, 3.05) is 13.1 Å². The number of carbonyl (C=O) groups excluding carboxylic acids is 2. The smallest absolute Gasteiger partial charge is 0.246 e. The van der Waals surface area contributed by atoms with Gasteiger partial charge in [0.25, 0.3) is 0 Å². The van der Waals surface area contributed by atoms with Crippen LogP contribution >= 0.6 is 0 Å². The Balaban J connectivity index is 1.68. The molecule has 1 atom stereocenters. The van der Waals surface area contributed by atoms with Gasteiger partial charge in [-0.3, -0.25) is 9.59 Å². The molecule has 1 unspecified atom stereocenters. The Morgan fingerprint density at radius 3 is 2.78 bits per heavy atom. The van der Waals surface area contributed by atoms with Crippen LogP contribution in [0.4, 0.5) is 4.39 Å². The van der Waals surface area contributed by atoms with Gasteiger partial charge in [-0.1, -0.05) is 6.58 Å². The van der Waals surface area contributed by atoms with Crippen LogP contribution in [0.5, 0.6) is 0 Å². The van der Waals surface area contributed by atoms with Gasteiger partial charge in [-0.25, -0.2) is 4.39 Å². The molecule has 2 aromatic rings. The van der Waals surface area contributed by atoms with Crippen LogP contribution in [0.15, 0.2) is 36.9 Å². The monoisotopic (exact) mass is 371 g/mol. The number of benzene rings is 1. The second-order valence-corrected chi connectivity index (χ2v) is 6.42. The van der Waals surface area contributed by atoms with Crippen molar-refractivity contribution in [3.05, 3.63) is 48.6 Å². The van der Waals surface area contributed by atoms with Crippen molar-refractivity contribution in [1.29, 1.82) is 0 Å². The standard InChI is InChI=1S/C19H22FN5O2/c1-3-18(27)24(4-2)12-17(26)21-15-9-10-16-22-23-19(25(16)11-15)13-5-7-14(20)8-6-13/h3,5-8,15H,1,4,9-12H2,2H3,(H,21,26). The third kappa shape index (κ3) is 4.21. The number of fused-ring (bicyclic) bond motifs is 1. The molecule has 27 heavy (non-hydrogen) atoms. The number of likely N-dealkylation sites (N-methyl/N-ethyl adjacent to an activating group) is 1. The van der Waals surface area contributed by atoms with Crippen molar-refractivity contribution in [2.24, 2.45) is 0 Å². The topological polar surface area (TPSA) is 80.1 Å². The quantitative estimate of drug-likeness (QED) is 0.782. The number of rotatable bonds is 6. The summed E-state index contributed by atoms with van der Waals surface area (Å²) in [5, 5.41) is 11.4. The minimum Gasteiger partial charge on any atom is -0.350 e. The highest BCUT2D eigenvalue weighted by atomic mass is 19.1. The zero-order valence-corrected chi connectivity index (χ0v) is 15.2. The summed E-state index contributed by atoms with van der Waals surface area (Å²) < 4.78 is 15.1. The SMILES string of the molecule is C=CC(=O)N(CC)CC(=O)NC1CCc2nnc(-c3ccc(F)cc3)n2C1. The molecule has 0 saturated heterocycles. The fraction of sp³-hybridized carbons (Fsp3) is 0.368. The van der Waals surface area contributed by atoms with Crippen LogP contribution in [-0.4, -0.2) is 50.6 Å². The maximum absolute atomic E-state index is 13.2. The maximum atomic E-state index is 13.2. The molecule has 0 aliphatic carbocycles. The number of hydrogen-bond donors (Lipinski definition) is 1. The third-order valence-electron chi connectivity index (χ3n) is 4.62. The number of hydrogen-bond acceptors (Lipinski definition) is 4. The van der Waals surface area contributed by atoms with Crippen LogP contribution < -0.4 is 5.32 Å². The Hall–Kier alpha value is -3.03. The molecule has 1 aromatic carbocycles. The summed E-state index contributed by atoms with van der Waals surface area (Å²) in [7, 11) is 0. The molecule has 2 amide bonds. The summed E-state index contributed by atoms with van der Waals surface area (Å²) in [4.78, 5) is 25.5. The zero-order valence-electron chi connectivity index (χ0n) is 15.2. The average Bonchev–Trinajstić information content (AvgIpc) is 3.09. The summed E-state index contributed by atoms with van der Waals surface area (Å²) in [5.41, 5.74) is 0.774. The summed E-state index contributed by atoms with van der Waals surface area (Å²) in [6.07, 6.45) is 2.63. The van der Waals surface area contributed by atoms with E-state index in [1.165, 1.54) is 23.1 Å². The first-order chi connectivity index (χ1) is 13.0. The second-order valence-electron chi connectivity index (χ2n) is 6.42. The molecule has 1 N–H and O–H groups in total. The molecule has 3 rings (SSSR count). The number of halogens is 1. The van der Waals surface area contributed by atoms with E-state index < -0.39 is 0 Å². The van der Waals surface area contributed by atoms with E-state index >= 15 is 0 Å². The van der Waals surface area contributed by atoms with Crippen molar-refractivity contribution < 1.29 is 14.0 Å². The van der Waals surface area contributed by atoms with E-state index in [1.807, 2.05) is 11.5 Å². The van der Waals surface area contributed by atoms with Crippen LogP contribution in [0.25, 0.3) is 11.4 Å². The predicted molar refractivity (Wildman–Crippen MR) is 98.1 cm³/mol. The lowest BCUT2D eigenvalue weighted by Crippen LogP contribution is -2.46. The molecule has 0 radical (unpaired) electrons. The first kappa shape index (κ1) is 18.8. The Morgan fingerprint density at radius 1 is 1.37 bits per heavy atom. The number of nitrogens with one attached hydrogen (secondary N) is 1. The minimum absolute atomic E-state index is 0.00227. The molecule has 8 heteroatoms.